The van der Waals surface area contributed by atoms with Crippen molar-refractivity contribution in [1.29, 1.82) is 0 Å². The van der Waals surface area contributed by atoms with Crippen LogP contribution in [0.5, 0.6) is 0 Å². The number of allylic oxidation sites excluding steroid dienone is 1. The molecule has 4 aliphatic heterocycles. The number of carbonyl (C=O) groups excluding carboxylic acids is 4. The molecule has 11 nitrogen and oxygen atoms in total. The molecule has 2 aromatic carbocycles. The third kappa shape index (κ3) is 6.40. The highest BCUT2D eigenvalue weighted by Crippen LogP contribution is 2.54. The van der Waals surface area contributed by atoms with Gasteiger partial charge in [0.25, 0.3) is 5.91 Å². The predicted molar refractivity (Wildman–Crippen MR) is 181 cm³/mol. The molecule has 2 aromatic rings. The molecule has 0 bridgehead atoms. The summed E-state index contributed by atoms with van der Waals surface area (Å²) in [6, 6.07) is 13.2. The van der Waals surface area contributed by atoms with Gasteiger partial charge in [-0.3, -0.25) is 19.2 Å². The lowest BCUT2D eigenvalue weighted by Gasteiger charge is -2.39. The minimum Gasteiger partial charge on any atom is -0.455 e. The van der Waals surface area contributed by atoms with Crippen LogP contribution in [0.3, 0.4) is 0 Å². The molecule has 49 heavy (non-hydrogen) atoms. The molecule has 12 heteroatoms. The zero-order valence-electron chi connectivity index (χ0n) is 27.7. The van der Waals surface area contributed by atoms with Gasteiger partial charge in [0, 0.05) is 30.8 Å². The molecule has 0 unspecified atom stereocenters. The van der Waals surface area contributed by atoms with Gasteiger partial charge in [-0.15, -0.1) is 0 Å². The number of aliphatic hydroxyl groups is 1. The molecule has 6 rings (SSSR count). The van der Waals surface area contributed by atoms with E-state index in [9.17, 15) is 24.3 Å². The van der Waals surface area contributed by atoms with Crippen LogP contribution in [-0.4, -0.2) is 90.4 Å². The van der Waals surface area contributed by atoms with Crippen LogP contribution in [-0.2, 0) is 33.4 Å². The third-order valence-corrected chi connectivity index (χ3v) is 10.2. The number of halogens is 1. The Morgan fingerprint density at radius 2 is 1.78 bits per heavy atom. The standard InChI is InChI=1S/C37H42ClN3O8/c1-22(2)27(20-42)41-33-35(45)40(25-16-14-24(38)15-17-25)19-9-18-37(33)31(34(41)44)30-28(49-37)12-7-8-13-29(43)39-26(21-47-3)32(48-36(30)46)23-10-5-4-6-11-23/h4-7,9-12,14-18,22,26-28,30-33,42H,8,13,19-21H2,1-3H3,(H,39,43)/b12-7-/t26-,27+,28-,30+,31+,32-,33-,37+/m1/s1. The van der Waals surface area contributed by atoms with Gasteiger partial charge in [-0.25, -0.2) is 0 Å². The molecular formula is C37H42ClN3O8. The van der Waals surface area contributed by atoms with Crippen LogP contribution in [0.1, 0.15) is 38.4 Å². The number of fused-ring (bicyclic) bond motifs is 2. The van der Waals surface area contributed by atoms with E-state index < -0.39 is 72.2 Å². The Hall–Kier alpha value is -4.03. The predicted octanol–water partition coefficient (Wildman–Crippen LogP) is 3.61. The topological polar surface area (TPSA) is 135 Å². The molecule has 260 valence electrons. The number of likely N-dealkylation sites (tertiary alicyclic amines) is 1. The summed E-state index contributed by atoms with van der Waals surface area (Å²) in [7, 11) is 1.50. The molecule has 1 spiro atoms. The zero-order chi connectivity index (χ0) is 34.9. The Kier molecular flexibility index (Phi) is 10.3. The molecule has 2 saturated heterocycles. The summed E-state index contributed by atoms with van der Waals surface area (Å²) in [5.41, 5.74) is -0.344. The molecule has 0 aromatic heterocycles. The number of rotatable bonds is 7. The number of amides is 3. The van der Waals surface area contributed by atoms with E-state index in [1.807, 2.05) is 32.0 Å². The van der Waals surface area contributed by atoms with Gasteiger partial charge in [-0.2, -0.15) is 0 Å². The van der Waals surface area contributed by atoms with Crippen molar-refractivity contribution in [2.75, 3.05) is 31.8 Å². The quantitative estimate of drug-likeness (QED) is 0.332. The molecule has 8 atom stereocenters. The second-order valence-electron chi connectivity index (χ2n) is 13.3. The second-order valence-corrected chi connectivity index (χ2v) is 13.7. The summed E-state index contributed by atoms with van der Waals surface area (Å²) in [4.78, 5) is 60.2. The van der Waals surface area contributed by atoms with Crippen molar-refractivity contribution in [3.63, 3.8) is 0 Å². The van der Waals surface area contributed by atoms with E-state index in [0.717, 1.165) is 0 Å². The molecule has 3 amide bonds. The lowest BCUT2D eigenvalue weighted by molar-refractivity contribution is -0.163. The molecular weight excluding hydrogens is 650 g/mol. The number of esters is 1. The number of cyclic esters (lactones) is 1. The Balaban J connectivity index is 1.48. The summed E-state index contributed by atoms with van der Waals surface area (Å²) in [5.74, 6) is -4.35. The molecule has 0 aliphatic carbocycles. The van der Waals surface area contributed by atoms with Crippen LogP contribution < -0.4 is 10.2 Å². The fraction of sp³-hybridized carbons (Fsp3) is 0.459. The van der Waals surface area contributed by atoms with Crippen molar-refractivity contribution in [1.82, 2.24) is 10.2 Å². The van der Waals surface area contributed by atoms with Gasteiger partial charge in [0.05, 0.1) is 37.3 Å². The third-order valence-electron chi connectivity index (χ3n) is 9.95. The smallest absolute Gasteiger partial charge is 0.313 e. The summed E-state index contributed by atoms with van der Waals surface area (Å²) >= 11 is 6.16. The number of carbonyl (C=O) groups is 4. The molecule has 2 fully saturated rings. The Morgan fingerprint density at radius 1 is 1.04 bits per heavy atom. The molecule has 0 radical (unpaired) electrons. The lowest BCUT2D eigenvalue weighted by atomic mass is 9.77. The molecule has 4 heterocycles. The van der Waals surface area contributed by atoms with Gasteiger partial charge in [0.1, 0.15) is 23.7 Å². The summed E-state index contributed by atoms with van der Waals surface area (Å²) in [6.07, 6.45) is 5.59. The number of benzene rings is 2. The van der Waals surface area contributed by atoms with E-state index in [-0.39, 0.29) is 31.4 Å². The second kappa shape index (κ2) is 14.4. The maximum atomic E-state index is 14.8. The first-order valence-corrected chi connectivity index (χ1v) is 17.0. The average Bonchev–Trinajstić information content (AvgIpc) is 3.47. The Labute approximate surface area is 290 Å². The van der Waals surface area contributed by atoms with Gasteiger partial charge in [-0.05, 0) is 42.2 Å². The SMILES string of the molecule is COC[C@H]1NC(=O)CC/C=C\[C@H]2O[C@]34C=CCN(c5ccc(Cl)cc5)C(=O)[C@H]3N([C@@H](CO)C(C)C)C(=O)[C@@H]4[C@H]2C(=O)O[C@@H]1c1ccccc1. The van der Waals surface area contributed by atoms with Gasteiger partial charge in [0.15, 0.2) is 0 Å². The van der Waals surface area contributed by atoms with Crippen LogP contribution >= 0.6 is 11.6 Å². The maximum Gasteiger partial charge on any atom is 0.313 e. The molecule has 0 saturated carbocycles. The van der Waals surface area contributed by atoms with Crippen LogP contribution in [0.4, 0.5) is 5.69 Å². The van der Waals surface area contributed by atoms with Gasteiger partial charge >= 0.3 is 5.97 Å². The van der Waals surface area contributed by atoms with Gasteiger partial charge in [0.2, 0.25) is 11.8 Å². The van der Waals surface area contributed by atoms with E-state index in [1.165, 1.54) is 12.0 Å². The fourth-order valence-corrected chi connectivity index (χ4v) is 7.79. The van der Waals surface area contributed by atoms with Gasteiger partial charge in [-0.1, -0.05) is 80.1 Å². The number of nitrogens with one attached hydrogen (secondary N) is 1. The first kappa shape index (κ1) is 34.8. The van der Waals surface area contributed by atoms with Crippen LogP contribution in [0, 0.1) is 17.8 Å². The number of anilines is 1. The molecule has 2 N–H and O–H groups in total. The van der Waals surface area contributed by atoms with Crippen LogP contribution in [0.2, 0.25) is 5.02 Å². The average molecular weight is 692 g/mol. The first-order chi connectivity index (χ1) is 23.6. The largest absolute Gasteiger partial charge is 0.455 e. The van der Waals surface area contributed by atoms with Crippen molar-refractivity contribution in [3.05, 3.63) is 89.5 Å². The zero-order valence-corrected chi connectivity index (χ0v) is 28.5. The van der Waals surface area contributed by atoms with Crippen LogP contribution in [0.25, 0.3) is 0 Å². The number of hydrogen-bond acceptors (Lipinski definition) is 8. The lowest BCUT2D eigenvalue weighted by Crippen LogP contribution is -2.59. The highest BCUT2D eigenvalue weighted by Gasteiger charge is 2.72. The minimum atomic E-state index is -1.56. The van der Waals surface area contributed by atoms with Crippen molar-refractivity contribution < 1.29 is 38.5 Å². The van der Waals surface area contributed by atoms with Crippen molar-refractivity contribution in [2.45, 2.75) is 62.6 Å². The highest BCUT2D eigenvalue weighted by atomic mass is 35.5. The normalized spacial score (nSPS) is 31.6. The highest BCUT2D eigenvalue weighted by molar-refractivity contribution is 6.30. The van der Waals surface area contributed by atoms with E-state index in [4.69, 9.17) is 25.8 Å². The number of aliphatic hydroxyl groups excluding tert-OH is 1. The van der Waals surface area contributed by atoms with E-state index in [1.54, 1.807) is 65.6 Å². The van der Waals surface area contributed by atoms with Crippen molar-refractivity contribution in [2.24, 2.45) is 17.8 Å². The van der Waals surface area contributed by atoms with Crippen molar-refractivity contribution in [3.8, 4) is 0 Å². The number of hydrogen-bond donors (Lipinski definition) is 2. The van der Waals surface area contributed by atoms with E-state index >= 15 is 0 Å². The number of ether oxygens (including phenoxy) is 3. The minimum absolute atomic E-state index is 0.0610. The first-order valence-electron chi connectivity index (χ1n) is 16.7. The Bertz CT molecular complexity index is 1610. The van der Waals surface area contributed by atoms with Crippen LogP contribution in [0.15, 0.2) is 78.9 Å². The number of methoxy groups -OCH3 is 1. The molecule has 4 aliphatic rings. The van der Waals surface area contributed by atoms with Crippen molar-refractivity contribution >= 4 is 41.0 Å². The summed E-state index contributed by atoms with van der Waals surface area (Å²) in [6.45, 7) is 3.59. The summed E-state index contributed by atoms with van der Waals surface area (Å²) in [5, 5.41) is 14.1. The summed E-state index contributed by atoms with van der Waals surface area (Å²) < 4.78 is 18.6. The van der Waals surface area contributed by atoms with E-state index in [2.05, 4.69) is 5.32 Å². The van der Waals surface area contributed by atoms with Gasteiger partial charge < -0.3 is 34.4 Å². The monoisotopic (exact) mass is 691 g/mol. The maximum absolute atomic E-state index is 14.8. The van der Waals surface area contributed by atoms with E-state index in [0.29, 0.717) is 22.7 Å². The fourth-order valence-electron chi connectivity index (χ4n) is 7.66. The number of nitrogens with zero attached hydrogens (tertiary/aromatic N) is 2. The Morgan fingerprint density at radius 3 is 2.45 bits per heavy atom.